The highest BCUT2D eigenvalue weighted by atomic mass is 16.4. The normalized spacial score (nSPS) is 12.5. The van der Waals surface area contributed by atoms with Crippen LogP contribution in [0.15, 0.2) is 0 Å². The molecule has 1 N–H and O–H groups in total. The molecular formula is C18H39NO3. The summed E-state index contributed by atoms with van der Waals surface area (Å²) in [7, 11) is 4.22. The van der Waals surface area contributed by atoms with Gasteiger partial charge in [0, 0.05) is 12.9 Å². The Labute approximate surface area is 138 Å². The van der Waals surface area contributed by atoms with Crippen molar-refractivity contribution in [1.82, 2.24) is 0 Å². The van der Waals surface area contributed by atoms with E-state index in [-0.39, 0.29) is 6.23 Å². The van der Waals surface area contributed by atoms with Crippen molar-refractivity contribution in [2.75, 3.05) is 20.6 Å². The summed E-state index contributed by atoms with van der Waals surface area (Å²) in [6.07, 6.45) is 13.5. The minimum absolute atomic E-state index is 0.247. The zero-order chi connectivity index (χ0) is 17.4. The number of hydrogen-bond acceptors (Lipinski definition) is 3. The number of carbonyl (C=O) groups excluding carboxylic acids is 1. The van der Waals surface area contributed by atoms with E-state index < -0.39 is 5.97 Å². The molecule has 4 nitrogen and oxygen atoms in total. The van der Waals surface area contributed by atoms with Crippen LogP contribution < -0.4 is 5.11 Å². The van der Waals surface area contributed by atoms with Crippen LogP contribution in [0, 0.1) is 0 Å². The fourth-order valence-electron chi connectivity index (χ4n) is 2.19. The van der Waals surface area contributed by atoms with E-state index in [9.17, 15) is 5.11 Å². The lowest BCUT2D eigenvalue weighted by atomic mass is 10.1. The van der Waals surface area contributed by atoms with Gasteiger partial charge in [0.05, 0.1) is 20.6 Å². The number of nitrogens with zero attached hydrogens (tertiary/aromatic N) is 1. The van der Waals surface area contributed by atoms with E-state index >= 15 is 0 Å². The lowest BCUT2D eigenvalue weighted by Crippen LogP contribution is -2.47. The summed E-state index contributed by atoms with van der Waals surface area (Å²) in [6, 6.07) is 0. The summed E-state index contributed by atoms with van der Waals surface area (Å²) in [6.45, 7) is 6.22. The third-order valence-corrected chi connectivity index (χ3v) is 4.10. The van der Waals surface area contributed by atoms with Crippen molar-refractivity contribution >= 4 is 5.97 Å². The number of carboxylic acids is 1. The summed E-state index contributed by atoms with van der Waals surface area (Å²) in [5.74, 6) is -1.08. The van der Waals surface area contributed by atoms with Gasteiger partial charge < -0.3 is 19.5 Å². The molecule has 22 heavy (non-hydrogen) atoms. The van der Waals surface area contributed by atoms with Gasteiger partial charge in [0.25, 0.3) is 0 Å². The molecule has 0 rings (SSSR count). The predicted octanol–water partition coefficient (Wildman–Crippen LogP) is 3.08. The monoisotopic (exact) mass is 317 g/mol. The third-order valence-electron chi connectivity index (χ3n) is 4.10. The Morgan fingerprint density at radius 2 is 1.27 bits per heavy atom. The number of carbonyl (C=O) groups is 1. The van der Waals surface area contributed by atoms with Gasteiger partial charge >= 0.3 is 0 Å². The average molecular weight is 318 g/mol. The number of carboxylic acid groups (broad SMARTS) is 1. The van der Waals surface area contributed by atoms with E-state index in [2.05, 4.69) is 21.0 Å². The summed E-state index contributed by atoms with van der Waals surface area (Å²) in [5.41, 5.74) is 0. The molecule has 0 heterocycles. The molecule has 0 radical (unpaired) electrons. The van der Waals surface area contributed by atoms with Gasteiger partial charge in [0.1, 0.15) is 0 Å². The molecule has 4 heteroatoms. The zero-order valence-electron chi connectivity index (χ0n) is 15.6. The molecule has 0 spiro atoms. The van der Waals surface area contributed by atoms with Gasteiger partial charge in [-0.2, -0.15) is 0 Å². The molecule has 0 fully saturated rings. The second kappa shape index (κ2) is 15.3. The number of rotatable bonds is 12. The number of aliphatic hydroxyl groups excluding tert-OH is 1. The van der Waals surface area contributed by atoms with Crippen LogP contribution in [0.4, 0.5) is 0 Å². The van der Waals surface area contributed by atoms with Crippen LogP contribution in [0.2, 0.25) is 0 Å². The molecule has 0 aromatic heterocycles. The van der Waals surface area contributed by atoms with E-state index in [0.29, 0.717) is 0 Å². The van der Waals surface area contributed by atoms with E-state index in [1.807, 2.05) is 6.92 Å². The highest BCUT2D eigenvalue weighted by Crippen LogP contribution is 2.12. The number of quaternary nitrogens is 1. The minimum atomic E-state index is -1.08. The summed E-state index contributed by atoms with van der Waals surface area (Å²) in [4.78, 5) is 8.89. The second-order valence-electron chi connectivity index (χ2n) is 6.81. The Balaban J connectivity index is 0. The molecule has 1 atom stereocenters. The summed E-state index contributed by atoms with van der Waals surface area (Å²) >= 11 is 0. The maximum absolute atomic E-state index is 9.60. The maximum atomic E-state index is 9.60. The van der Waals surface area contributed by atoms with Crippen molar-refractivity contribution in [2.45, 2.75) is 91.2 Å². The van der Waals surface area contributed by atoms with Crippen molar-refractivity contribution < 1.29 is 19.5 Å². The van der Waals surface area contributed by atoms with Crippen molar-refractivity contribution in [3.8, 4) is 0 Å². The van der Waals surface area contributed by atoms with Gasteiger partial charge in [-0.3, -0.25) is 0 Å². The molecular weight excluding hydrogens is 278 g/mol. The minimum Gasteiger partial charge on any atom is -0.550 e. The Kier molecular flexibility index (Phi) is 16.4. The van der Waals surface area contributed by atoms with Crippen LogP contribution in [0.5, 0.6) is 0 Å². The molecule has 0 aliphatic rings. The molecule has 0 bridgehead atoms. The second-order valence-corrected chi connectivity index (χ2v) is 6.81. The van der Waals surface area contributed by atoms with E-state index in [4.69, 9.17) is 9.90 Å². The molecule has 0 aliphatic heterocycles. The van der Waals surface area contributed by atoms with Crippen LogP contribution in [-0.4, -0.2) is 42.4 Å². The zero-order valence-corrected chi connectivity index (χ0v) is 15.6. The quantitative estimate of drug-likeness (QED) is 0.342. The van der Waals surface area contributed by atoms with Crippen molar-refractivity contribution in [1.29, 1.82) is 0 Å². The van der Waals surface area contributed by atoms with Crippen LogP contribution >= 0.6 is 0 Å². The van der Waals surface area contributed by atoms with Crippen molar-refractivity contribution in [2.24, 2.45) is 0 Å². The lowest BCUT2D eigenvalue weighted by molar-refractivity contribution is -0.934. The van der Waals surface area contributed by atoms with Crippen LogP contribution in [0.25, 0.3) is 0 Å². The maximum Gasteiger partial charge on any atom is 0.187 e. The van der Waals surface area contributed by atoms with E-state index in [1.54, 1.807) is 0 Å². The Hall–Kier alpha value is -0.610. The van der Waals surface area contributed by atoms with Crippen molar-refractivity contribution in [3.05, 3.63) is 0 Å². The molecule has 0 aliphatic carbocycles. The third kappa shape index (κ3) is 19.4. The Morgan fingerprint density at radius 3 is 1.59 bits per heavy atom. The summed E-state index contributed by atoms with van der Waals surface area (Å²) in [5, 5.41) is 18.5. The number of unbranched alkanes of at least 4 members (excludes halogenated alkanes) is 9. The summed E-state index contributed by atoms with van der Waals surface area (Å²) < 4.78 is 0.733. The largest absolute Gasteiger partial charge is 0.550 e. The predicted molar refractivity (Wildman–Crippen MR) is 91.2 cm³/mol. The smallest absolute Gasteiger partial charge is 0.187 e. The van der Waals surface area contributed by atoms with Crippen molar-refractivity contribution in [3.63, 3.8) is 0 Å². The van der Waals surface area contributed by atoms with Crippen LogP contribution in [0.1, 0.15) is 85.0 Å². The number of aliphatic hydroxyl groups is 1. The molecule has 0 saturated carbocycles. The van der Waals surface area contributed by atoms with Gasteiger partial charge in [0.2, 0.25) is 0 Å². The molecule has 134 valence electrons. The fraction of sp³-hybridized carbons (Fsp3) is 0.944. The van der Waals surface area contributed by atoms with Crippen LogP contribution in [0.3, 0.4) is 0 Å². The number of aliphatic carboxylic acids is 1. The van der Waals surface area contributed by atoms with Gasteiger partial charge in [-0.1, -0.05) is 58.3 Å². The molecule has 0 amide bonds. The van der Waals surface area contributed by atoms with E-state index in [0.717, 1.165) is 18.0 Å². The first-order chi connectivity index (χ1) is 10.2. The topological polar surface area (TPSA) is 60.4 Å². The van der Waals surface area contributed by atoms with E-state index in [1.165, 1.54) is 64.2 Å². The molecule has 0 aromatic rings. The van der Waals surface area contributed by atoms with Gasteiger partial charge in [-0.05, 0) is 19.8 Å². The first-order valence-corrected chi connectivity index (χ1v) is 8.92. The molecule has 1 unspecified atom stereocenters. The van der Waals surface area contributed by atoms with Gasteiger partial charge in [-0.15, -0.1) is 0 Å². The average Bonchev–Trinajstić information content (AvgIpc) is 2.40. The van der Waals surface area contributed by atoms with Crippen LogP contribution in [-0.2, 0) is 4.79 Å². The molecule has 0 saturated heterocycles. The first-order valence-electron chi connectivity index (χ1n) is 8.92. The highest BCUT2D eigenvalue weighted by Gasteiger charge is 2.20. The fourth-order valence-corrected chi connectivity index (χ4v) is 2.19. The van der Waals surface area contributed by atoms with Gasteiger partial charge in [-0.25, -0.2) is 0 Å². The molecule has 0 aromatic carbocycles. The first kappa shape index (κ1) is 23.7. The Morgan fingerprint density at radius 1 is 0.955 bits per heavy atom. The standard InChI is InChI=1S/C16H36NO.C2H4O2/c1-5-6-7-8-9-10-11-12-13-14-15-17(3,4)16(2)18;1-2(3)4/h16,18H,5-15H2,1-4H3;1H3,(H,3,4)/q+1;/p-1. The Bertz CT molecular complexity index is 249. The van der Waals surface area contributed by atoms with Gasteiger partial charge in [0.15, 0.2) is 6.23 Å². The highest BCUT2D eigenvalue weighted by molar-refractivity contribution is 5.60. The number of hydrogen-bond donors (Lipinski definition) is 1. The lowest BCUT2D eigenvalue weighted by Gasteiger charge is -2.32. The SMILES string of the molecule is CC(=O)[O-].CCCCCCCCCCCC[N+](C)(C)C(C)O.